The highest BCUT2D eigenvalue weighted by Crippen LogP contribution is 2.17. The van der Waals surface area contributed by atoms with Crippen molar-refractivity contribution in [3.63, 3.8) is 0 Å². The molecule has 0 unspecified atom stereocenters. The van der Waals surface area contributed by atoms with Crippen molar-refractivity contribution in [2.24, 2.45) is 0 Å². The Balaban J connectivity index is 1.60. The molecular formula is C20H15N3O. The molecule has 4 rings (SSSR count). The lowest BCUT2D eigenvalue weighted by Crippen LogP contribution is -2.12. The van der Waals surface area contributed by atoms with Gasteiger partial charge in [-0.25, -0.2) is 0 Å². The third kappa shape index (κ3) is 2.77. The molecule has 0 atom stereocenters. The third-order valence-electron chi connectivity index (χ3n) is 3.86. The van der Waals surface area contributed by atoms with Crippen molar-refractivity contribution in [3.8, 4) is 5.69 Å². The number of rotatable bonds is 3. The highest BCUT2D eigenvalue weighted by molar-refractivity contribution is 6.05. The van der Waals surface area contributed by atoms with Gasteiger partial charge in [0.05, 0.1) is 17.4 Å². The molecule has 0 aliphatic rings. The number of nitrogens with one attached hydrogen (secondary N) is 1. The second kappa shape index (κ2) is 6.01. The number of carbonyl (C=O) groups is 1. The Morgan fingerprint density at radius 3 is 2.62 bits per heavy atom. The van der Waals surface area contributed by atoms with Crippen LogP contribution >= 0.6 is 0 Å². The number of pyridine rings is 1. The Labute approximate surface area is 139 Å². The van der Waals surface area contributed by atoms with E-state index in [1.165, 1.54) is 0 Å². The average molecular weight is 313 g/mol. The molecule has 2 heterocycles. The van der Waals surface area contributed by atoms with Gasteiger partial charge < -0.3 is 9.88 Å². The van der Waals surface area contributed by atoms with Crippen molar-refractivity contribution < 1.29 is 4.79 Å². The van der Waals surface area contributed by atoms with E-state index in [-0.39, 0.29) is 5.91 Å². The smallest absolute Gasteiger partial charge is 0.255 e. The maximum absolute atomic E-state index is 12.5. The van der Waals surface area contributed by atoms with Gasteiger partial charge in [0.1, 0.15) is 0 Å². The summed E-state index contributed by atoms with van der Waals surface area (Å²) in [6.45, 7) is 0. The number of hydrogen-bond acceptors (Lipinski definition) is 2. The molecule has 1 amide bonds. The predicted molar refractivity (Wildman–Crippen MR) is 95.5 cm³/mol. The number of para-hydroxylation sites is 1. The number of fused-ring (bicyclic) bond motifs is 1. The molecule has 4 nitrogen and oxygen atoms in total. The van der Waals surface area contributed by atoms with Gasteiger partial charge in [-0.1, -0.05) is 24.3 Å². The van der Waals surface area contributed by atoms with Crippen molar-refractivity contribution in [1.29, 1.82) is 0 Å². The highest BCUT2D eigenvalue weighted by atomic mass is 16.1. The number of benzene rings is 2. The maximum Gasteiger partial charge on any atom is 0.255 e. The second-order valence-electron chi connectivity index (χ2n) is 5.51. The second-order valence-corrected chi connectivity index (χ2v) is 5.51. The van der Waals surface area contributed by atoms with Crippen molar-refractivity contribution in [2.45, 2.75) is 0 Å². The van der Waals surface area contributed by atoms with Crippen molar-refractivity contribution >= 4 is 22.5 Å². The van der Waals surface area contributed by atoms with Crippen molar-refractivity contribution in [1.82, 2.24) is 9.55 Å². The Kier molecular flexibility index (Phi) is 3.56. The van der Waals surface area contributed by atoms with Crippen LogP contribution in [0.2, 0.25) is 0 Å². The van der Waals surface area contributed by atoms with E-state index in [0.29, 0.717) is 11.3 Å². The van der Waals surface area contributed by atoms with E-state index in [9.17, 15) is 4.79 Å². The molecule has 0 spiro atoms. The predicted octanol–water partition coefficient (Wildman–Crippen LogP) is 4.28. The van der Waals surface area contributed by atoms with E-state index < -0.39 is 0 Å². The zero-order valence-corrected chi connectivity index (χ0v) is 12.9. The van der Waals surface area contributed by atoms with Gasteiger partial charge in [-0.05, 0) is 42.5 Å². The first kappa shape index (κ1) is 14.2. The largest absolute Gasteiger partial charge is 0.324 e. The molecule has 0 bridgehead atoms. The normalized spacial score (nSPS) is 10.7. The van der Waals surface area contributed by atoms with Gasteiger partial charge in [0.25, 0.3) is 5.91 Å². The number of nitrogens with zero attached hydrogens (tertiary/aromatic N) is 2. The first-order valence-electron chi connectivity index (χ1n) is 7.69. The molecule has 4 heteroatoms. The van der Waals surface area contributed by atoms with Crippen LogP contribution in [0.5, 0.6) is 0 Å². The van der Waals surface area contributed by atoms with Crippen LogP contribution in [0.25, 0.3) is 16.6 Å². The number of anilines is 1. The van der Waals surface area contributed by atoms with Crippen molar-refractivity contribution in [3.05, 3.63) is 90.9 Å². The summed E-state index contributed by atoms with van der Waals surface area (Å²) in [5.74, 6) is -0.152. The third-order valence-corrected chi connectivity index (χ3v) is 3.86. The monoisotopic (exact) mass is 313 g/mol. The zero-order chi connectivity index (χ0) is 16.4. The molecule has 2 aromatic heterocycles. The lowest BCUT2D eigenvalue weighted by Gasteiger charge is -2.08. The topological polar surface area (TPSA) is 46.9 Å². The molecular weight excluding hydrogens is 298 g/mol. The summed E-state index contributed by atoms with van der Waals surface area (Å²) in [5.41, 5.74) is 3.15. The minimum Gasteiger partial charge on any atom is -0.324 e. The Hall–Kier alpha value is -3.40. The molecule has 0 saturated carbocycles. The van der Waals surface area contributed by atoms with Crippen LogP contribution in [0.1, 0.15) is 10.4 Å². The van der Waals surface area contributed by atoms with Crippen LogP contribution in [0, 0.1) is 0 Å². The van der Waals surface area contributed by atoms with Gasteiger partial charge in [0, 0.05) is 29.0 Å². The van der Waals surface area contributed by atoms with E-state index >= 15 is 0 Å². The molecule has 116 valence electrons. The molecule has 1 N–H and O–H groups in total. The molecule has 0 radical (unpaired) electrons. The minimum absolute atomic E-state index is 0.152. The fraction of sp³-hybridized carbons (Fsp3) is 0. The SMILES string of the molecule is O=C(Nc1cnc2ccccc2c1)c1cccc(-n2cccc2)c1. The lowest BCUT2D eigenvalue weighted by atomic mass is 10.1. The summed E-state index contributed by atoms with van der Waals surface area (Å²) >= 11 is 0. The zero-order valence-electron chi connectivity index (χ0n) is 12.9. The standard InChI is InChI=1S/C20H15N3O/c24-20(16-7-5-8-18(13-16)23-10-3-4-11-23)22-17-12-15-6-1-2-9-19(15)21-14-17/h1-14H,(H,22,24). The van der Waals surface area contributed by atoms with Gasteiger partial charge >= 0.3 is 0 Å². The molecule has 2 aromatic carbocycles. The minimum atomic E-state index is -0.152. The molecule has 0 aliphatic heterocycles. The van der Waals surface area contributed by atoms with E-state index in [1.807, 2.05) is 77.6 Å². The lowest BCUT2D eigenvalue weighted by molar-refractivity contribution is 0.102. The van der Waals surface area contributed by atoms with E-state index in [0.717, 1.165) is 16.6 Å². The summed E-state index contributed by atoms with van der Waals surface area (Å²) in [7, 11) is 0. The highest BCUT2D eigenvalue weighted by Gasteiger charge is 2.08. The average Bonchev–Trinajstić information content (AvgIpc) is 3.16. The van der Waals surface area contributed by atoms with E-state index in [4.69, 9.17) is 0 Å². The van der Waals surface area contributed by atoms with E-state index in [2.05, 4.69) is 10.3 Å². The fourth-order valence-electron chi connectivity index (χ4n) is 2.66. The van der Waals surface area contributed by atoms with Crippen LogP contribution < -0.4 is 5.32 Å². The molecule has 24 heavy (non-hydrogen) atoms. The van der Waals surface area contributed by atoms with Crippen LogP contribution in [0.3, 0.4) is 0 Å². The van der Waals surface area contributed by atoms with Crippen LogP contribution in [0.4, 0.5) is 5.69 Å². The summed E-state index contributed by atoms with van der Waals surface area (Å²) in [4.78, 5) is 16.9. The molecule has 0 saturated heterocycles. The Morgan fingerprint density at radius 1 is 0.917 bits per heavy atom. The summed E-state index contributed by atoms with van der Waals surface area (Å²) in [6, 6.07) is 21.2. The van der Waals surface area contributed by atoms with Gasteiger partial charge in [-0.15, -0.1) is 0 Å². The van der Waals surface area contributed by atoms with Gasteiger partial charge in [-0.3, -0.25) is 9.78 Å². The molecule has 4 aromatic rings. The number of amides is 1. The van der Waals surface area contributed by atoms with Gasteiger partial charge in [0.2, 0.25) is 0 Å². The Bertz CT molecular complexity index is 1010. The quantitative estimate of drug-likeness (QED) is 0.614. The summed E-state index contributed by atoms with van der Waals surface area (Å²) < 4.78 is 1.97. The van der Waals surface area contributed by atoms with Gasteiger partial charge in [0.15, 0.2) is 0 Å². The number of hydrogen-bond donors (Lipinski definition) is 1. The molecule has 0 aliphatic carbocycles. The number of carbonyl (C=O) groups excluding carboxylic acids is 1. The summed E-state index contributed by atoms with van der Waals surface area (Å²) in [5, 5.41) is 3.91. The summed E-state index contributed by atoms with van der Waals surface area (Å²) in [6.07, 6.45) is 5.57. The molecule has 0 fully saturated rings. The van der Waals surface area contributed by atoms with Crippen LogP contribution in [-0.4, -0.2) is 15.5 Å². The first-order chi connectivity index (χ1) is 11.8. The van der Waals surface area contributed by atoms with Crippen LogP contribution in [0.15, 0.2) is 85.3 Å². The van der Waals surface area contributed by atoms with Crippen molar-refractivity contribution in [2.75, 3.05) is 5.32 Å². The van der Waals surface area contributed by atoms with Crippen LogP contribution in [-0.2, 0) is 0 Å². The Morgan fingerprint density at radius 2 is 1.75 bits per heavy atom. The maximum atomic E-state index is 12.5. The van der Waals surface area contributed by atoms with Gasteiger partial charge in [-0.2, -0.15) is 0 Å². The number of aromatic nitrogens is 2. The van der Waals surface area contributed by atoms with E-state index in [1.54, 1.807) is 12.3 Å². The fourth-order valence-corrected chi connectivity index (χ4v) is 2.66. The first-order valence-corrected chi connectivity index (χ1v) is 7.69.